The van der Waals surface area contributed by atoms with Crippen molar-refractivity contribution in [2.75, 3.05) is 11.9 Å². The molecule has 1 atom stereocenters. The van der Waals surface area contributed by atoms with Gasteiger partial charge in [0, 0.05) is 19.0 Å². The van der Waals surface area contributed by atoms with Gasteiger partial charge in [-0.1, -0.05) is 31.5 Å². The van der Waals surface area contributed by atoms with E-state index in [4.69, 9.17) is 23.2 Å². The highest BCUT2D eigenvalue weighted by atomic mass is 35.5. The average Bonchev–Trinajstić information content (AvgIpc) is 2.27. The average molecular weight is 274 g/mol. The van der Waals surface area contributed by atoms with Gasteiger partial charge in [-0.2, -0.15) is 0 Å². The Labute approximate surface area is 115 Å². The minimum atomic E-state index is 0.481. The van der Waals surface area contributed by atoms with Crippen LogP contribution in [-0.2, 0) is 5.88 Å². The van der Waals surface area contributed by atoms with Gasteiger partial charge in [-0.25, -0.2) is 0 Å². The maximum absolute atomic E-state index is 6.28. The first-order valence-electron chi connectivity index (χ1n) is 6.03. The summed E-state index contributed by atoms with van der Waals surface area (Å²) in [5.74, 6) is 1.19. The van der Waals surface area contributed by atoms with Crippen LogP contribution in [0.25, 0.3) is 0 Å². The molecule has 0 aliphatic carbocycles. The molecule has 0 heterocycles. The van der Waals surface area contributed by atoms with Crippen molar-refractivity contribution in [1.29, 1.82) is 0 Å². The minimum Gasteiger partial charge on any atom is -0.371 e. The van der Waals surface area contributed by atoms with E-state index < -0.39 is 0 Å². The van der Waals surface area contributed by atoms with Crippen molar-refractivity contribution < 1.29 is 0 Å². The number of halogens is 2. The molecule has 0 aliphatic rings. The van der Waals surface area contributed by atoms with Crippen molar-refractivity contribution in [3.63, 3.8) is 0 Å². The third kappa shape index (κ3) is 4.08. The molecule has 1 unspecified atom stereocenters. The van der Waals surface area contributed by atoms with Crippen molar-refractivity contribution in [2.24, 2.45) is 5.92 Å². The minimum absolute atomic E-state index is 0.481. The molecule has 0 spiro atoms. The Morgan fingerprint density at radius 3 is 2.35 bits per heavy atom. The highest BCUT2D eigenvalue weighted by molar-refractivity contribution is 6.33. The molecule has 0 aliphatic heterocycles. The summed E-state index contributed by atoms with van der Waals surface area (Å²) in [6.45, 7) is 6.71. The van der Waals surface area contributed by atoms with Crippen LogP contribution in [0.5, 0.6) is 0 Å². The lowest BCUT2D eigenvalue weighted by atomic mass is 10.0. The van der Waals surface area contributed by atoms with Gasteiger partial charge in [0.15, 0.2) is 0 Å². The van der Waals surface area contributed by atoms with Crippen LogP contribution in [-0.4, -0.2) is 13.1 Å². The number of nitrogens with zero attached hydrogens (tertiary/aromatic N) is 1. The smallest absolute Gasteiger partial charge is 0.0642 e. The first-order valence-corrected chi connectivity index (χ1v) is 6.94. The Balaban J connectivity index is 2.84. The van der Waals surface area contributed by atoms with Gasteiger partial charge in [-0.05, 0) is 37.0 Å². The van der Waals surface area contributed by atoms with Gasteiger partial charge < -0.3 is 4.90 Å². The molecule has 3 heteroatoms. The highest BCUT2D eigenvalue weighted by Gasteiger charge is 2.14. The molecule has 0 bridgehead atoms. The van der Waals surface area contributed by atoms with Crippen molar-refractivity contribution in [1.82, 2.24) is 0 Å². The first kappa shape index (κ1) is 14.7. The maximum atomic E-state index is 6.28. The Morgan fingerprint density at radius 2 is 1.88 bits per heavy atom. The predicted molar refractivity (Wildman–Crippen MR) is 78.3 cm³/mol. The lowest BCUT2D eigenvalue weighted by Crippen LogP contribution is -2.30. The van der Waals surface area contributed by atoms with E-state index in [1.807, 2.05) is 12.1 Å². The van der Waals surface area contributed by atoms with Gasteiger partial charge in [0.25, 0.3) is 0 Å². The lowest BCUT2D eigenvalue weighted by Gasteiger charge is -2.29. The second-order valence-electron chi connectivity index (χ2n) is 5.01. The standard InChI is InChI=1S/C14H21Cl2N/c1-10(2)7-11(3)17(4)14-6-5-12(9-15)8-13(14)16/h5-6,8,10-11H,7,9H2,1-4H3. The summed E-state index contributed by atoms with van der Waals surface area (Å²) in [6, 6.07) is 6.51. The summed E-state index contributed by atoms with van der Waals surface area (Å²) in [5, 5.41) is 0.779. The number of alkyl halides is 1. The molecular formula is C14H21Cl2N. The van der Waals surface area contributed by atoms with Crippen molar-refractivity contribution >= 4 is 28.9 Å². The molecule has 0 radical (unpaired) electrons. The molecular weight excluding hydrogens is 253 g/mol. The SMILES string of the molecule is CC(C)CC(C)N(C)c1ccc(CCl)cc1Cl. The second kappa shape index (κ2) is 6.51. The van der Waals surface area contributed by atoms with Crippen LogP contribution < -0.4 is 4.90 Å². The van der Waals surface area contributed by atoms with Gasteiger partial charge in [-0.3, -0.25) is 0 Å². The van der Waals surface area contributed by atoms with Crippen LogP contribution in [0.4, 0.5) is 5.69 Å². The maximum Gasteiger partial charge on any atom is 0.0642 e. The van der Waals surface area contributed by atoms with E-state index in [0.717, 1.165) is 22.7 Å². The largest absolute Gasteiger partial charge is 0.371 e. The van der Waals surface area contributed by atoms with E-state index in [0.29, 0.717) is 17.8 Å². The third-order valence-electron chi connectivity index (χ3n) is 3.02. The molecule has 0 N–H and O–H groups in total. The van der Waals surface area contributed by atoms with E-state index in [1.165, 1.54) is 0 Å². The fraction of sp³-hybridized carbons (Fsp3) is 0.571. The van der Waals surface area contributed by atoms with Gasteiger partial charge in [0.2, 0.25) is 0 Å². The Kier molecular flexibility index (Phi) is 5.61. The van der Waals surface area contributed by atoms with Gasteiger partial charge >= 0.3 is 0 Å². The van der Waals surface area contributed by atoms with Crippen LogP contribution in [0.15, 0.2) is 18.2 Å². The summed E-state index contributed by atoms with van der Waals surface area (Å²) in [4.78, 5) is 2.24. The van der Waals surface area contributed by atoms with E-state index in [2.05, 4.69) is 38.8 Å². The molecule has 0 saturated carbocycles. The fourth-order valence-corrected chi connectivity index (χ4v) is 2.50. The zero-order chi connectivity index (χ0) is 13.0. The fourth-order valence-electron chi connectivity index (χ4n) is 2.00. The molecule has 0 saturated heterocycles. The molecule has 96 valence electrons. The monoisotopic (exact) mass is 273 g/mol. The summed E-state index contributed by atoms with van der Waals surface area (Å²) >= 11 is 12.1. The van der Waals surface area contributed by atoms with E-state index in [-0.39, 0.29) is 0 Å². The second-order valence-corrected chi connectivity index (χ2v) is 5.68. The van der Waals surface area contributed by atoms with E-state index >= 15 is 0 Å². The molecule has 1 nitrogen and oxygen atoms in total. The van der Waals surface area contributed by atoms with E-state index in [1.54, 1.807) is 0 Å². The number of rotatable bonds is 5. The first-order chi connectivity index (χ1) is 7.95. The van der Waals surface area contributed by atoms with Crippen molar-refractivity contribution in [3.05, 3.63) is 28.8 Å². The zero-order valence-electron chi connectivity index (χ0n) is 11.0. The van der Waals surface area contributed by atoms with Gasteiger partial charge in [-0.15, -0.1) is 11.6 Å². The van der Waals surface area contributed by atoms with Crippen molar-refractivity contribution in [3.8, 4) is 0 Å². The molecule has 1 rings (SSSR count). The summed E-state index contributed by atoms with van der Waals surface area (Å²) in [7, 11) is 2.09. The van der Waals surface area contributed by atoms with Gasteiger partial charge in [0.05, 0.1) is 10.7 Å². The number of benzene rings is 1. The third-order valence-corrected chi connectivity index (χ3v) is 3.63. The van der Waals surface area contributed by atoms with Gasteiger partial charge in [0.1, 0.15) is 0 Å². The number of hydrogen-bond donors (Lipinski definition) is 0. The molecule has 17 heavy (non-hydrogen) atoms. The highest BCUT2D eigenvalue weighted by Crippen LogP contribution is 2.29. The molecule has 1 aromatic carbocycles. The zero-order valence-corrected chi connectivity index (χ0v) is 12.5. The van der Waals surface area contributed by atoms with Crippen LogP contribution >= 0.6 is 23.2 Å². The topological polar surface area (TPSA) is 3.24 Å². The van der Waals surface area contributed by atoms with Crippen LogP contribution in [0, 0.1) is 5.92 Å². The van der Waals surface area contributed by atoms with Crippen molar-refractivity contribution in [2.45, 2.75) is 39.1 Å². The molecule has 0 aromatic heterocycles. The Hall–Kier alpha value is -0.400. The predicted octanol–water partition coefficient (Wildman–Crippen LogP) is 4.95. The van der Waals surface area contributed by atoms with Crippen LogP contribution in [0.2, 0.25) is 5.02 Å². The Bertz CT molecular complexity index is 363. The number of anilines is 1. The molecule has 0 amide bonds. The Morgan fingerprint density at radius 1 is 1.24 bits per heavy atom. The summed E-state index contributed by atoms with van der Waals surface area (Å²) in [6.07, 6.45) is 1.16. The quantitative estimate of drug-likeness (QED) is 0.687. The lowest BCUT2D eigenvalue weighted by molar-refractivity contribution is 0.504. The van der Waals surface area contributed by atoms with Crippen LogP contribution in [0.3, 0.4) is 0 Å². The molecule has 0 fully saturated rings. The summed E-state index contributed by atoms with van der Waals surface area (Å²) < 4.78 is 0. The van der Waals surface area contributed by atoms with E-state index in [9.17, 15) is 0 Å². The normalized spacial score (nSPS) is 12.9. The van der Waals surface area contributed by atoms with Crippen LogP contribution in [0.1, 0.15) is 32.8 Å². The summed E-state index contributed by atoms with van der Waals surface area (Å²) in [5.41, 5.74) is 2.14. The number of hydrogen-bond acceptors (Lipinski definition) is 1. The molecule has 1 aromatic rings.